The Morgan fingerprint density at radius 2 is 1.90 bits per heavy atom. The van der Waals surface area contributed by atoms with Gasteiger partial charge in [0.15, 0.2) is 0 Å². The number of carbonyl (C=O) groups is 1. The molecule has 3 nitrogen and oxygen atoms in total. The van der Waals surface area contributed by atoms with Gasteiger partial charge < -0.3 is 9.15 Å². The molecule has 0 fully saturated rings. The fourth-order valence-electron chi connectivity index (χ4n) is 2.42. The standard InChI is InChI=1S/C17H16O3/c1-3-19-17(18)11(2)12-8-9-14-13-6-4-5-7-15(13)20-16(14)10-12/h4-11H,3H2,1-2H3. The van der Waals surface area contributed by atoms with E-state index in [9.17, 15) is 4.79 Å². The molecule has 0 N–H and O–H groups in total. The number of rotatable bonds is 3. The zero-order valence-electron chi connectivity index (χ0n) is 11.6. The highest BCUT2D eigenvalue weighted by molar-refractivity contribution is 6.05. The van der Waals surface area contributed by atoms with E-state index in [0.717, 1.165) is 27.5 Å². The van der Waals surface area contributed by atoms with E-state index in [1.54, 1.807) is 0 Å². The third-order valence-corrected chi connectivity index (χ3v) is 3.54. The first kappa shape index (κ1) is 12.7. The molecule has 3 heteroatoms. The van der Waals surface area contributed by atoms with E-state index in [1.165, 1.54) is 0 Å². The van der Waals surface area contributed by atoms with E-state index in [4.69, 9.17) is 9.15 Å². The summed E-state index contributed by atoms with van der Waals surface area (Å²) in [6.45, 7) is 4.06. The number of hydrogen-bond acceptors (Lipinski definition) is 3. The summed E-state index contributed by atoms with van der Waals surface area (Å²) < 4.78 is 10.9. The molecule has 1 aromatic heterocycles. The van der Waals surface area contributed by atoms with Crippen molar-refractivity contribution in [2.75, 3.05) is 6.61 Å². The Hall–Kier alpha value is -2.29. The van der Waals surface area contributed by atoms with E-state index < -0.39 is 0 Å². The van der Waals surface area contributed by atoms with Gasteiger partial charge in [-0.05, 0) is 31.5 Å². The molecular weight excluding hydrogens is 252 g/mol. The number of para-hydroxylation sites is 1. The Morgan fingerprint density at radius 3 is 2.70 bits per heavy atom. The van der Waals surface area contributed by atoms with Crippen LogP contribution in [-0.4, -0.2) is 12.6 Å². The summed E-state index contributed by atoms with van der Waals surface area (Å²) in [5.74, 6) is -0.490. The lowest BCUT2D eigenvalue weighted by Crippen LogP contribution is -2.12. The van der Waals surface area contributed by atoms with Crippen molar-refractivity contribution >= 4 is 27.9 Å². The molecule has 102 valence electrons. The molecule has 20 heavy (non-hydrogen) atoms. The highest BCUT2D eigenvalue weighted by Gasteiger charge is 2.17. The lowest BCUT2D eigenvalue weighted by molar-refractivity contribution is -0.144. The highest BCUT2D eigenvalue weighted by atomic mass is 16.5. The first-order chi connectivity index (χ1) is 9.70. The summed E-state index contributed by atoms with van der Waals surface area (Å²) in [6, 6.07) is 13.8. The number of esters is 1. The van der Waals surface area contributed by atoms with Crippen molar-refractivity contribution in [3.05, 3.63) is 48.0 Å². The highest BCUT2D eigenvalue weighted by Crippen LogP contribution is 2.31. The van der Waals surface area contributed by atoms with E-state index in [1.807, 2.05) is 56.3 Å². The number of ether oxygens (including phenoxy) is 1. The van der Waals surface area contributed by atoms with Crippen LogP contribution in [0.2, 0.25) is 0 Å². The average molecular weight is 268 g/mol. The Balaban J connectivity index is 2.06. The molecule has 3 rings (SSSR count). The van der Waals surface area contributed by atoms with E-state index >= 15 is 0 Å². The van der Waals surface area contributed by atoms with Gasteiger partial charge in [-0.2, -0.15) is 0 Å². The van der Waals surface area contributed by atoms with Crippen LogP contribution in [-0.2, 0) is 9.53 Å². The monoisotopic (exact) mass is 268 g/mol. The minimum Gasteiger partial charge on any atom is -0.466 e. The van der Waals surface area contributed by atoms with E-state index in [0.29, 0.717) is 6.61 Å². The predicted molar refractivity (Wildman–Crippen MR) is 78.8 cm³/mol. The molecule has 2 aromatic carbocycles. The van der Waals surface area contributed by atoms with Gasteiger partial charge in [0.25, 0.3) is 0 Å². The summed E-state index contributed by atoms with van der Waals surface area (Å²) in [5.41, 5.74) is 2.58. The molecule has 0 aliphatic heterocycles. The van der Waals surface area contributed by atoms with Gasteiger partial charge in [0.05, 0.1) is 12.5 Å². The SMILES string of the molecule is CCOC(=O)C(C)c1ccc2c(c1)oc1ccccc12. The quantitative estimate of drug-likeness (QED) is 0.666. The van der Waals surface area contributed by atoms with Gasteiger partial charge in [-0.25, -0.2) is 0 Å². The van der Waals surface area contributed by atoms with Crippen molar-refractivity contribution in [2.45, 2.75) is 19.8 Å². The minimum atomic E-state index is -0.285. The molecule has 0 saturated carbocycles. The molecular formula is C17H16O3. The molecule has 0 spiro atoms. The van der Waals surface area contributed by atoms with Crippen molar-refractivity contribution in [1.29, 1.82) is 0 Å². The predicted octanol–water partition coefficient (Wildman–Crippen LogP) is 4.25. The maximum absolute atomic E-state index is 11.8. The Labute approximate surface area is 117 Å². The molecule has 3 aromatic rings. The molecule has 0 aliphatic carbocycles. The van der Waals surface area contributed by atoms with Gasteiger partial charge in [0, 0.05) is 10.8 Å². The van der Waals surface area contributed by atoms with Crippen LogP contribution in [0.3, 0.4) is 0 Å². The maximum atomic E-state index is 11.8. The molecule has 1 unspecified atom stereocenters. The second-order valence-electron chi connectivity index (χ2n) is 4.83. The van der Waals surface area contributed by atoms with Crippen LogP contribution < -0.4 is 0 Å². The normalized spacial score (nSPS) is 12.7. The average Bonchev–Trinajstić information content (AvgIpc) is 2.84. The Bertz CT molecular complexity index is 770. The first-order valence-electron chi connectivity index (χ1n) is 6.78. The molecule has 0 radical (unpaired) electrons. The second kappa shape index (κ2) is 5.00. The van der Waals surface area contributed by atoms with Crippen LogP contribution in [0.5, 0.6) is 0 Å². The Morgan fingerprint density at radius 1 is 1.15 bits per heavy atom. The van der Waals surface area contributed by atoms with Crippen LogP contribution in [0.15, 0.2) is 46.9 Å². The smallest absolute Gasteiger partial charge is 0.313 e. The lowest BCUT2D eigenvalue weighted by atomic mass is 10.00. The largest absolute Gasteiger partial charge is 0.466 e. The molecule has 0 aliphatic rings. The van der Waals surface area contributed by atoms with Crippen molar-refractivity contribution in [1.82, 2.24) is 0 Å². The lowest BCUT2D eigenvalue weighted by Gasteiger charge is -2.10. The summed E-state index contributed by atoms with van der Waals surface area (Å²) >= 11 is 0. The molecule has 0 saturated heterocycles. The summed E-state index contributed by atoms with van der Waals surface area (Å²) in [7, 11) is 0. The number of carbonyl (C=O) groups excluding carboxylic acids is 1. The third kappa shape index (κ3) is 2.05. The fourth-order valence-corrected chi connectivity index (χ4v) is 2.42. The van der Waals surface area contributed by atoms with Crippen LogP contribution in [0.1, 0.15) is 25.3 Å². The van der Waals surface area contributed by atoms with Crippen molar-refractivity contribution < 1.29 is 13.9 Å². The van der Waals surface area contributed by atoms with Crippen molar-refractivity contribution in [3.8, 4) is 0 Å². The number of furan rings is 1. The zero-order valence-corrected chi connectivity index (χ0v) is 11.6. The summed E-state index contributed by atoms with van der Waals surface area (Å²) in [4.78, 5) is 11.8. The van der Waals surface area contributed by atoms with Gasteiger partial charge in [-0.1, -0.05) is 30.3 Å². The van der Waals surface area contributed by atoms with Gasteiger partial charge in [0.2, 0.25) is 0 Å². The number of fused-ring (bicyclic) bond motifs is 3. The van der Waals surface area contributed by atoms with Crippen LogP contribution in [0.4, 0.5) is 0 Å². The summed E-state index contributed by atoms with van der Waals surface area (Å²) in [6.07, 6.45) is 0. The molecule has 0 amide bonds. The number of benzene rings is 2. The van der Waals surface area contributed by atoms with Gasteiger partial charge >= 0.3 is 5.97 Å². The van der Waals surface area contributed by atoms with Crippen LogP contribution in [0, 0.1) is 0 Å². The second-order valence-corrected chi connectivity index (χ2v) is 4.83. The van der Waals surface area contributed by atoms with E-state index in [-0.39, 0.29) is 11.9 Å². The first-order valence-corrected chi connectivity index (χ1v) is 6.78. The maximum Gasteiger partial charge on any atom is 0.313 e. The van der Waals surface area contributed by atoms with Crippen LogP contribution >= 0.6 is 0 Å². The topological polar surface area (TPSA) is 39.4 Å². The minimum absolute atomic E-state index is 0.206. The Kier molecular flexibility index (Phi) is 3.18. The molecule has 0 bridgehead atoms. The van der Waals surface area contributed by atoms with Gasteiger partial charge in [0.1, 0.15) is 11.2 Å². The van der Waals surface area contributed by atoms with Crippen molar-refractivity contribution in [3.63, 3.8) is 0 Å². The van der Waals surface area contributed by atoms with E-state index in [2.05, 4.69) is 0 Å². The molecule has 1 atom stereocenters. The molecule has 1 heterocycles. The fraction of sp³-hybridized carbons (Fsp3) is 0.235. The van der Waals surface area contributed by atoms with Crippen LogP contribution in [0.25, 0.3) is 21.9 Å². The number of hydrogen-bond donors (Lipinski definition) is 0. The van der Waals surface area contributed by atoms with Crippen molar-refractivity contribution in [2.24, 2.45) is 0 Å². The third-order valence-electron chi connectivity index (χ3n) is 3.54. The zero-order chi connectivity index (χ0) is 14.1. The van der Waals surface area contributed by atoms with Gasteiger partial charge in [-0.3, -0.25) is 4.79 Å². The summed E-state index contributed by atoms with van der Waals surface area (Å²) in [5, 5.41) is 2.17. The van der Waals surface area contributed by atoms with Gasteiger partial charge in [-0.15, -0.1) is 0 Å².